The standard InChI is InChI=1S/C17H25NO/c1-12(2)14-7-6-8-15-13(11-19-16(14)15)9-10-18-17(3,4)5/h6-8,11-12,18H,9-10H2,1-5H3. The third kappa shape index (κ3) is 3.38. The molecule has 0 saturated carbocycles. The molecule has 104 valence electrons. The molecule has 2 aromatic rings. The molecule has 0 atom stereocenters. The van der Waals surface area contributed by atoms with Gasteiger partial charge in [0.1, 0.15) is 5.58 Å². The highest BCUT2D eigenvalue weighted by atomic mass is 16.3. The molecule has 0 amide bonds. The van der Waals surface area contributed by atoms with E-state index >= 15 is 0 Å². The van der Waals surface area contributed by atoms with Crippen LogP contribution in [0.1, 0.15) is 51.7 Å². The molecule has 2 heteroatoms. The summed E-state index contributed by atoms with van der Waals surface area (Å²) in [5.41, 5.74) is 3.83. The molecule has 0 aliphatic heterocycles. The molecule has 0 saturated heterocycles. The minimum Gasteiger partial charge on any atom is -0.464 e. The second-order valence-corrected chi connectivity index (χ2v) is 6.57. The van der Waals surface area contributed by atoms with Gasteiger partial charge in [0.2, 0.25) is 0 Å². The van der Waals surface area contributed by atoms with Crippen molar-refractivity contribution in [2.75, 3.05) is 6.54 Å². The van der Waals surface area contributed by atoms with Crippen LogP contribution < -0.4 is 5.32 Å². The largest absolute Gasteiger partial charge is 0.464 e. The Morgan fingerprint density at radius 2 is 1.95 bits per heavy atom. The Balaban J connectivity index is 2.19. The van der Waals surface area contributed by atoms with E-state index in [4.69, 9.17) is 4.42 Å². The molecule has 0 radical (unpaired) electrons. The van der Waals surface area contributed by atoms with Crippen molar-refractivity contribution in [3.63, 3.8) is 0 Å². The third-order valence-electron chi connectivity index (χ3n) is 3.38. The summed E-state index contributed by atoms with van der Waals surface area (Å²) in [7, 11) is 0. The lowest BCUT2D eigenvalue weighted by atomic mass is 9.99. The second kappa shape index (κ2) is 5.38. The van der Waals surface area contributed by atoms with Crippen LogP contribution in [0.5, 0.6) is 0 Å². The summed E-state index contributed by atoms with van der Waals surface area (Å²) < 4.78 is 5.80. The molecule has 1 heterocycles. The summed E-state index contributed by atoms with van der Waals surface area (Å²) in [5, 5.41) is 4.79. The number of furan rings is 1. The highest BCUT2D eigenvalue weighted by Gasteiger charge is 2.13. The Morgan fingerprint density at radius 1 is 1.21 bits per heavy atom. The van der Waals surface area contributed by atoms with E-state index in [0.29, 0.717) is 5.92 Å². The number of benzene rings is 1. The maximum absolute atomic E-state index is 5.80. The first-order valence-corrected chi connectivity index (χ1v) is 7.12. The highest BCUT2D eigenvalue weighted by molar-refractivity contribution is 5.84. The average Bonchev–Trinajstić information content (AvgIpc) is 2.70. The summed E-state index contributed by atoms with van der Waals surface area (Å²) in [6, 6.07) is 6.46. The van der Waals surface area contributed by atoms with Gasteiger partial charge in [0.15, 0.2) is 0 Å². The van der Waals surface area contributed by atoms with E-state index in [1.54, 1.807) is 0 Å². The average molecular weight is 259 g/mol. The van der Waals surface area contributed by atoms with Crippen LogP contribution in [-0.2, 0) is 6.42 Å². The predicted octanol–water partition coefficient (Wildman–Crippen LogP) is 4.49. The molecule has 0 bridgehead atoms. The number of nitrogens with one attached hydrogen (secondary N) is 1. The molecular weight excluding hydrogens is 234 g/mol. The fourth-order valence-corrected chi connectivity index (χ4v) is 2.35. The van der Waals surface area contributed by atoms with E-state index < -0.39 is 0 Å². The van der Waals surface area contributed by atoms with E-state index in [-0.39, 0.29) is 5.54 Å². The van der Waals surface area contributed by atoms with Gasteiger partial charge in [-0.3, -0.25) is 0 Å². The summed E-state index contributed by atoms with van der Waals surface area (Å²) in [5.74, 6) is 0.496. The van der Waals surface area contributed by atoms with Gasteiger partial charge in [-0.1, -0.05) is 32.0 Å². The van der Waals surface area contributed by atoms with Crippen molar-refractivity contribution in [2.45, 2.75) is 52.5 Å². The van der Waals surface area contributed by atoms with Gasteiger partial charge in [-0.2, -0.15) is 0 Å². The van der Waals surface area contributed by atoms with Crippen molar-refractivity contribution >= 4 is 11.0 Å². The molecule has 2 rings (SSSR count). The van der Waals surface area contributed by atoms with Gasteiger partial charge in [0.25, 0.3) is 0 Å². The first-order valence-electron chi connectivity index (χ1n) is 7.12. The molecule has 0 aliphatic carbocycles. The van der Waals surface area contributed by atoms with Gasteiger partial charge in [-0.15, -0.1) is 0 Å². The number of hydrogen-bond donors (Lipinski definition) is 1. The zero-order chi connectivity index (χ0) is 14.0. The fraction of sp³-hybridized carbons (Fsp3) is 0.529. The lowest BCUT2D eigenvalue weighted by Crippen LogP contribution is -2.37. The topological polar surface area (TPSA) is 25.2 Å². The zero-order valence-corrected chi connectivity index (χ0v) is 12.7. The summed E-state index contributed by atoms with van der Waals surface area (Å²) in [6.45, 7) is 12.0. The highest BCUT2D eigenvalue weighted by Crippen LogP contribution is 2.29. The van der Waals surface area contributed by atoms with E-state index in [0.717, 1.165) is 18.5 Å². The first-order chi connectivity index (χ1) is 8.88. The van der Waals surface area contributed by atoms with Crippen LogP contribution >= 0.6 is 0 Å². The van der Waals surface area contributed by atoms with Crippen LogP contribution in [0.15, 0.2) is 28.9 Å². The third-order valence-corrected chi connectivity index (χ3v) is 3.38. The van der Waals surface area contributed by atoms with Gasteiger partial charge >= 0.3 is 0 Å². The Bertz CT molecular complexity index is 546. The SMILES string of the molecule is CC(C)c1cccc2c(CCNC(C)(C)C)coc12. The molecule has 0 aliphatic rings. The van der Waals surface area contributed by atoms with Crippen molar-refractivity contribution < 1.29 is 4.42 Å². The molecule has 0 fully saturated rings. The van der Waals surface area contributed by atoms with Crippen molar-refractivity contribution in [2.24, 2.45) is 0 Å². The second-order valence-electron chi connectivity index (χ2n) is 6.57. The first kappa shape index (κ1) is 14.1. The maximum Gasteiger partial charge on any atom is 0.137 e. The monoisotopic (exact) mass is 259 g/mol. The van der Waals surface area contributed by atoms with Gasteiger partial charge < -0.3 is 9.73 Å². The number of fused-ring (bicyclic) bond motifs is 1. The van der Waals surface area contributed by atoms with Crippen molar-refractivity contribution in [1.82, 2.24) is 5.32 Å². The van der Waals surface area contributed by atoms with Gasteiger partial charge in [0.05, 0.1) is 6.26 Å². The lowest BCUT2D eigenvalue weighted by molar-refractivity contribution is 0.429. The van der Waals surface area contributed by atoms with Crippen molar-refractivity contribution in [3.8, 4) is 0 Å². The fourth-order valence-electron chi connectivity index (χ4n) is 2.35. The predicted molar refractivity (Wildman–Crippen MR) is 81.8 cm³/mol. The number of rotatable bonds is 4. The Labute approximate surface area is 116 Å². The van der Waals surface area contributed by atoms with E-state index in [9.17, 15) is 0 Å². The molecule has 1 aromatic heterocycles. The van der Waals surface area contributed by atoms with E-state index in [1.807, 2.05) is 6.26 Å². The summed E-state index contributed by atoms with van der Waals surface area (Å²) >= 11 is 0. The van der Waals surface area contributed by atoms with Gasteiger partial charge in [-0.05, 0) is 50.8 Å². The van der Waals surface area contributed by atoms with Crippen LogP contribution in [0.2, 0.25) is 0 Å². The van der Waals surface area contributed by atoms with Gasteiger partial charge in [0, 0.05) is 10.9 Å². The molecule has 19 heavy (non-hydrogen) atoms. The number of para-hydroxylation sites is 1. The lowest BCUT2D eigenvalue weighted by Gasteiger charge is -2.20. The minimum absolute atomic E-state index is 0.169. The normalized spacial score (nSPS) is 12.5. The van der Waals surface area contributed by atoms with Gasteiger partial charge in [-0.25, -0.2) is 0 Å². The minimum atomic E-state index is 0.169. The van der Waals surface area contributed by atoms with Crippen LogP contribution in [0.25, 0.3) is 11.0 Å². The van der Waals surface area contributed by atoms with Crippen LogP contribution in [0.3, 0.4) is 0 Å². The summed E-state index contributed by atoms with van der Waals surface area (Å²) in [6.07, 6.45) is 2.92. The molecule has 1 N–H and O–H groups in total. The van der Waals surface area contributed by atoms with Crippen LogP contribution in [0, 0.1) is 0 Å². The molecule has 1 aromatic carbocycles. The Hall–Kier alpha value is -1.28. The molecule has 2 nitrogen and oxygen atoms in total. The van der Waals surface area contributed by atoms with Crippen LogP contribution in [-0.4, -0.2) is 12.1 Å². The Morgan fingerprint density at radius 3 is 2.58 bits per heavy atom. The van der Waals surface area contributed by atoms with Crippen molar-refractivity contribution in [3.05, 3.63) is 35.6 Å². The number of hydrogen-bond acceptors (Lipinski definition) is 2. The smallest absolute Gasteiger partial charge is 0.137 e. The maximum atomic E-state index is 5.80. The zero-order valence-electron chi connectivity index (χ0n) is 12.7. The molecule has 0 unspecified atom stereocenters. The van der Waals surface area contributed by atoms with Crippen molar-refractivity contribution in [1.29, 1.82) is 0 Å². The summed E-state index contributed by atoms with van der Waals surface area (Å²) in [4.78, 5) is 0. The molecule has 0 spiro atoms. The Kier molecular flexibility index (Phi) is 4.00. The molecular formula is C17H25NO. The quantitative estimate of drug-likeness (QED) is 0.875. The van der Waals surface area contributed by atoms with E-state index in [2.05, 4.69) is 58.1 Å². The van der Waals surface area contributed by atoms with E-state index in [1.165, 1.54) is 16.5 Å². The van der Waals surface area contributed by atoms with Crippen LogP contribution in [0.4, 0.5) is 0 Å².